The average Bonchev–Trinajstić information content (AvgIpc) is 2.39. The Bertz CT molecular complexity index is 502. The van der Waals surface area contributed by atoms with E-state index in [0.717, 1.165) is 17.4 Å². The summed E-state index contributed by atoms with van der Waals surface area (Å²) in [6, 6.07) is 14.2. The zero-order valence-electron chi connectivity index (χ0n) is 10.7. The van der Waals surface area contributed by atoms with Crippen molar-refractivity contribution in [1.82, 2.24) is 0 Å². The molecule has 2 atom stereocenters. The van der Waals surface area contributed by atoms with Gasteiger partial charge in [-0.2, -0.15) is 0 Å². The van der Waals surface area contributed by atoms with Gasteiger partial charge in [0.15, 0.2) is 0 Å². The second-order valence-electron chi connectivity index (χ2n) is 4.77. The Kier molecular flexibility index (Phi) is 4.34. The summed E-state index contributed by atoms with van der Waals surface area (Å²) in [5, 5.41) is 22.1. The highest BCUT2D eigenvalue weighted by atomic mass is 16.3. The van der Waals surface area contributed by atoms with Crippen LogP contribution in [0, 0.1) is 0 Å². The van der Waals surface area contributed by atoms with Gasteiger partial charge in [-0.05, 0) is 22.8 Å². The Balaban J connectivity index is 2.21. The SMILES string of the molecule is CCCC(O)C(O)Cc1cccc2ccccc12. The zero-order chi connectivity index (χ0) is 13.0. The van der Waals surface area contributed by atoms with Crippen molar-refractivity contribution in [3.8, 4) is 0 Å². The molecular formula is C16H20O2. The number of hydrogen-bond acceptors (Lipinski definition) is 2. The van der Waals surface area contributed by atoms with Gasteiger partial charge in [0.1, 0.15) is 0 Å². The molecule has 0 aliphatic carbocycles. The van der Waals surface area contributed by atoms with Crippen LogP contribution in [0.5, 0.6) is 0 Å². The van der Waals surface area contributed by atoms with Gasteiger partial charge in [-0.25, -0.2) is 0 Å². The Morgan fingerprint density at radius 2 is 1.67 bits per heavy atom. The molecule has 96 valence electrons. The number of aliphatic hydroxyl groups excluding tert-OH is 2. The lowest BCUT2D eigenvalue weighted by molar-refractivity contribution is 0.0150. The van der Waals surface area contributed by atoms with Crippen molar-refractivity contribution in [2.24, 2.45) is 0 Å². The molecule has 2 aromatic rings. The average molecular weight is 244 g/mol. The van der Waals surface area contributed by atoms with Crippen LogP contribution in [0.1, 0.15) is 25.3 Å². The molecule has 0 fully saturated rings. The first-order valence-corrected chi connectivity index (χ1v) is 6.55. The molecule has 0 aliphatic rings. The van der Waals surface area contributed by atoms with Crippen molar-refractivity contribution < 1.29 is 10.2 Å². The monoisotopic (exact) mass is 244 g/mol. The maximum atomic E-state index is 10.0. The van der Waals surface area contributed by atoms with Gasteiger partial charge < -0.3 is 10.2 Å². The summed E-state index contributed by atoms with van der Waals surface area (Å²) in [6.07, 6.45) is 0.715. The normalized spacial score (nSPS) is 14.6. The van der Waals surface area contributed by atoms with Crippen LogP contribution in [0.15, 0.2) is 42.5 Å². The maximum absolute atomic E-state index is 10.0. The molecule has 2 N–H and O–H groups in total. The molecule has 18 heavy (non-hydrogen) atoms. The molecule has 0 saturated heterocycles. The summed E-state index contributed by atoms with van der Waals surface area (Å²) in [5.74, 6) is 0. The smallest absolute Gasteiger partial charge is 0.0839 e. The molecular weight excluding hydrogens is 224 g/mol. The summed E-state index contributed by atoms with van der Waals surface area (Å²) in [4.78, 5) is 0. The van der Waals surface area contributed by atoms with E-state index < -0.39 is 12.2 Å². The van der Waals surface area contributed by atoms with Crippen LogP contribution in [-0.4, -0.2) is 22.4 Å². The minimum Gasteiger partial charge on any atom is -0.390 e. The summed E-state index contributed by atoms with van der Waals surface area (Å²) < 4.78 is 0. The van der Waals surface area contributed by atoms with E-state index >= 15 is 0 Å². The molecule has 2 rings (SSSR count). The van der Waals surface area contributed by atoms with Crippen molar-refractivity contribution in [3.63, 3.8) is 0 Å². The number of benzene rings is 2. The van der Waals surface area contributed by atoms with Gasteiger partial charge in [0.25, 0.3) is 0 Å². The van der Waals surface area contributed by atoms with Gasteiger partial charge >= 0.3 is 0 Å². The van der Waals surface area contributed by atoms with E-state index in [-0.39, 0.29) is 0 Å². The van der Waals surface area contributed by atoms with Gasteiger partial charge in [-0.3, -0.25) is 0 Å². The van der Waals surface area contributed by atoms with Crippen molar-refractivity contribution in [2.45, 2.75) is 38.4 Å². The van der Waals surface area contributed by atoms with E-state index in [2.05, 4.69) is 18.2 Å². The Morgan fingerprint density at radius 1 is 0.944 bits per heavy atom. The van der Waals surface area contributed by atoms with Crippen LogP contribution in [0.4, 0.5) is 0 Å². The third-order valence-electron chi connectivity index (χ3n) is 3.34. The first-order valence-electron chi connectivity index (χ1n) is 6.55. The number of aliphatic hydroxyl groups is 2. The standard InChI is InChI=1S/C16H20O2/c1-2-6-15(17)16(18)11-13-9-5-8-12-7-3-4-10-14(12)13/h3-5,7-10,15-18H,2,6,11H2,1H3. The van der Waals surface area contributed by atoms with Crippen LogP contribution >= 0.6 is 0 Å². The van der Waals surface area contributed by atoms with E-state index in [4.69, 9.17) is 0 Å². The summed E-state index contributed by atoms with van der Waals surface area (Å²) >= 11 is 0. The van der Waals surface area contributed by atoms with Crippen LogP contribution in [0.3, 0.4) is 0 Å². The van der Waals surface area contributed by atoms with E-state index in [9.17, 15) is 10.2 Å². The first-order chi connectivity index (χ1) is 8.72. The van der Waals surface area contributed by atoms with Crippen LogP contribution < -0.4 is 0 Å². The summed E-state index contributed by atoms with van der Waals surface area (Å²) in [7, 11) is 0. The Morgan fingerprint density at radius 3 is 2.44 bits per heavy atom. The minimum atomic E-state index is -0.684. The summed E-state index contributed by atoms with van der Waals surface area (Å²) in [6.45, 7) is 2.01. The lowest BCUT2D eigenvalue weighted by atomic mass is 9.96. The van der Waals surface area contributed by atoms with Crippen LogP contribution in [0.25, 0.3) is 10.8 Å². The largest absolute Gasteiger partial charge is 0.390 e. The second-order valence-corrected chi connectivity index (χ2v) is 4.77. The van der Waals surface area contributed by atoms with Gasteiger partial charge in [-0.15, -0.1) is 0 Å². The molecule has 0 aliphatic heterocycles. The highest BCUT2D eigenvalue weighted by Gasteiger charge is 2.16. The maximum Gasteiger partial charge on any atom is 0.0839 e. The fourth-order valence-corrected chi connectivity index (χ4v) is 2.32. The lowest BCUT2D eigenvalue weighted by Gasteiger charge is -2.18. The van der Waals surface area contributed by atoms with Crippen molar-refractivity contribution >= 4 is 10.8 Å². The van der Waals surface area contributed by atoms with Gasteiger partial charge in [0, 0.05) is 6.42 Å². The second kappa shape index (κ2) is 5.98. The highest BCUT2D eigenvalue weighted by molar-refractivity contribution is 5.85. The minimum absolute atomic E-state index is 0.502. The quantitative estimate of drug-likeness (QED) is 0.849. The van der Waals surface area contributed by atoms with Crippen molar-refractivity contribution in [1.29, 1.82) is 0 Å². The zero-order valence-corrected chi connectivity index (χ0v) is 10.7. The van der Waals surface area contributed by atoms with E-state index in [1.165, 1.54) is 5.39 Å². The molecule has 0 radical (unpaired) electrons. The third-order valence-corrected chi connectivity index (χ3v) is 3.34. The molecule has 2 unspecified atom stereocenters. The van der Waals surface area contributed by atoms with Crippen LogP contribution in [0.2, 0.25) is 0 Å². The molecule has 0 saturated carbocycles. The van der Waals surface area contributed by atoms with E-state index in [0.29, 0.717) is 12.8 Å². The highest BCUT2D eigenvalue weighted by Crippen LogP contribution is 2.20. The van der Waals surface area contributed by atoms with Crippen molar-refractivity contribution in [2.75, 3.05) is 0 Å². The predicted molar refractivity (Wildman–Crippen MR) is 74.6 cm³/mol. The van der Waals surface area contributed by atoms with Gasteiger partial charge in [-0.1, -0.05) is 55.8 Å². The molecule has 0 bridgehead atoms. The van der Waals surface area contributed by atoms with Crippen molar-refractivity contribution in [3.05, 3.63) is 48.0 Å². The molecule has 0 heterocycles. The van der Waals surface area contributed by atoms with Gasteiger partial charge in [0.05, 0.1) is 12.2 Å². The number of rotatable bonds is 5. The van der Waals surface area contributed by atoms with Crippen LogP contribution in [-0.2, 0) is 6.42 Å². The Labute approximate surface area is 108 Å². The molecule has 2 nitrogen and oxygen atoms in total. The summed E-state index contributed by atoms with van der Waals surface area (Å²) in [5.41, 5.74) is 1.09. The molecule has 2 aromatic carbocycles. The molecule has 0 amide bonds. The number of fused-ring (bicyclic) bond motifs is 1. The fraction of sp³-hybridized carbons (Fsp3) is 0.375. The van der Waals surface area contributed by atoms with Gasteiger partial charge in [0.2, 0.25) is 0 Å². The third kappa shape index (κ3) is 2.89. The number of hydrogen-bond donors (Lipinski definition) is 2. The molecule has 2 heteroatoms. The molecule has 0 spiro atoms. The fourth-order valence-electron chi connectivity index (χ4n) is 2.32. The lowest BCUT2D eigenvalue weighted by Crippen LogP contribution is -2.27. The molecule has 0 aromatic heterocycles. The predicted octanol–water partition coefficient (Wildman–Crippen LogP) is 2.90. The first kappa shape index (κ1) is 13.1. The Hall–Kier alpha value is -1.38. The van der Waals surface area contributed by atoms with E-state index in [1.54, 1.807) is 0 Å². The topological polar surface area (TPSA) is 40.5 Å². The van der Waals surface area contributed by atoms with E-state index in [1.807, 2.05) is 31.2 Å².